The Morgan fingerprint density at radius 3 is 2.44 bits per heavy atom. The largest absolute Gasteiger partial charge is 0.287 e. The van der Waals surface area contributed by atoms with E-state index >= 15 is 0 Å². The highest BCUT2D eigenvalue weighted by Crippen LogP contribution is 2.24. The van der Waals surface area contributed by atoms with Crippen molar-refractivity contribution in [1.82, 2.24) is 24.1 Å². The van der Waals surface area contributed by atoms with Gasteiger partial charge in [0.2, 0.25) is 5.43 Å². The third kappa shape index (κ3) is 2.19. The molecule has 6 nitrogen and oxygen atoms in total. The highest BCUT2D eigenvalue weighted by molar-refractivity contribution is 5.95. The van der Waals surface area contributed by atoms with Gasteiger partial charge in [0, 0.05) is 6.42 Å². The summed E-state index contributed by atoms with van der Waals surface area (Å²) >= 11 is 0. The first kappa shape index (κ1) is 15.7. The number of imidazole rings is 1. The number of benzene rings is 2. The van der Waals surface area contributed by atoms with E-state index in [4.69, 9.17) is 9.97 Å². The van der Waals surface area contributed by atoms with Gasteiger partial charge >= 0.3 is 0 Å². The van der Waals surface area contributed by atoms with Crippen molar-refractivity contribution < 1.29 is 0 Å². The first-order valence-electron chi connectivity index (χ1n) is 8.94. The number of rotatable bonds is 2. The van der Waals surface area contributed by atoms with Crippen LogP contribution >= 0.6 is 0 Å². The highest BCUT2D eigenvalue weighted by atomic mass is 16.1. The van der Waals surface area contributed by atoms with Gasteiger partial charge in [-0.25, -0.2) is 14.6 Å². The Hall–Kier alpha value is -3.54. The zero-order chi connectivity index (χ0) is 18.5. The lowest BCUT2D eigenvalue weighted by Crippen LogP contribution is -2.19. The molecule has 0 aliphatic carbocycles. The molecule has 0 amide bonds. The van der Waals surface area contributed by atoms with Crippen LogP contribution in [-0.4, -0.2) is 24.1 Å². The smallest absolute Gasteiger partial charge is 0.216 e. The molecule has 0 saturated carbocycles. The molecule has 0 N–H and O–H groups in total. The molecular weight excluding hydrogens is 338 g/mol. The van der Waals surface area contributed by atoms with Crippen LogP contribution in [0, 0.1) is 6.92 Å². The average Bonchev–Trinajstić information content (AvgIpc) is 3.10. The molecule has 0 atom stereocenters. The topological polar surface area (TPSA) is 65.1 Å². The van der Waals surface area contributed by atoms with Crippen LogP contribution in [-0.2, 0) is 6.42 Å². The van der Waals surface area contributed by atoms with E-state index in [1.54, 1.807) is 11.6 Å². The van der Waals surface area contributed by atoms with Gasteiger partial charge in [-0.15, -0.1) is 0 Å². The number of hydrogen-bond donors (Lipinski definition) is 0. The van der Waals surface area contributed by atoms with Gasteiger partial charge in [0.15, 0.2) is 11.3 Å². The molecule has 0 saturated heterocycles. The fourth-order valence-corrected chi connectivity index (χ4v) is 3.55. The molecular formula is C21H17N5O. The summed E-state index contributed by atoms with van der Waals surface area (Å²) in [6.07, 6.45) is 0.712. The summed E-state index contributed by atoms with van der Waals surface area (Å²) in [4.78, 5) is 22.6. The molecule has 3 aromatic heterocycles. The second kappa shape index (κ2) is 5.74. The molecule has 0 aliphatic rings. The third-order valence-electron chi connectivity index (χ3n) is 4.82. The minimum absolute atomic E-state index is 0.132. The van der Waals surface area contributed by atoms with Gasteiger partial charge in [-0.1, -0.05) is 37.3 Å². The lowest BCUT2D eigenvalue weighted by Gasteiger charge is -2.13. The number of hydrogen-bond acceptors (Lipinski definition) is 4. The van der Waals surface area contributed by atoms with Crippen molar-refractivity contribution in [3.8, 4) is 5.69 Å². The number of fused-ring (bicyclic) bond motifs is 5. The van der Waals surface area contributed by atoms with E-state index < -0.39 is 0 Å². The first-order valence-corrected chi connectivity index (χ1v) is 8.94. The molecule has 5 aromatic rings. The first-order chi connectivity index (χ1) is 13.2. The van der Waals surface area contributed by atoms with Crippen LogP contribution in [0.25, 0.3) is 33.4 Å². The van der Waals surface area contributed by atoms with Gasteiger partial charge in [-0.2, -0.15) is 5.10 Å². The van der Waals surface area contributed by atoms with Crippen molar-refractivity contribution in [3.05, 3.63) is 76.3 Å². The van der Waals surface area contributed by atoms with Gasteiger partial charge < -0.3 is 0 Å². The van der Waals surface area contributed by atoms with Gasteiger partial charge in [0.1, 0.15) is 16.9 Å². The van der Waals surface area contributed by atoms with Crippen molar-refractivity contribution in [3.63, 3.8) is 0 Å². The lowest BCUT2D eigenvalue weighted by molar-refractivity contribution is 0.818. The van der Waals surface area contributed by atoms with Gasteiger partial charge in [-0.3, -0.25) is 9.20 Å². The molecule has 27 heavy (non-hydrogen) atoms. The summed E-state index contributed by atoms with van der Waals surface area (Å²) in [6, 6.07) is 17.6. The average molecular weight is 355 g/mol. The third-order valence-corrected chi connectivity index (χ3v) is 4.82. The summed E-state index contributed by atoms with van der Waals surface area (Å²) in [5.41, 5.74) is 4.13. The van der Waals surface area contributed by atoms with Crippen LogP contribution in [0.15, 0.2) is 59.4 Å². The molecule has 0 fully saturated rings. The Labute approximate surface area is 154 Å². The Kier molecular flexibility index (Phi) is 3.33. The molecule has 2 aromatic carbocycles. The van der Waals surface area contributed by atoms with Crippen molar-refractivity contribution in [2.24, 2.45) is 0 Å². The summed E-state index contributed by atoms with van der Waals surface area (Å²) in [5, 5.41) is 5.01. The maximum atomic E-state index is 13.0. The van der Waals surface area contributed by atoms with E-state index in [2.05, 4.69) is 12.0 Å². The Morgan fingerprint density at radius 2 is 1.67 bits per heavy atom. The van der Waals surface area contributed by atoms with Crippen molar-refractivity contribution in [2.75, 3.05) is 0 Å². The standard InChI is InChI=1S/C21H17N5O/c1-3-17-23-21-18(20-22-15-11-7-8-12-16(15)25(17)20)19(27)13(2)24-26(21)14-9-5-4-6-10-14/h4-12H,3H2,1-2H3. The Bertz CT molecular complexity index is 1380. The van der Waals surface area contributed by atoms with E-state index in [1.807, 2.05) is 59.0 Å². The maximum Gasteiger partial charge on any atom is 0.216 e. The molecule has 3 heterocycles. The molecule has 0 aliphatic heterocycles. The molecule has 0 radical (unpaired) electrons. The van der Waals surface area contributed by atoms with Crippen molar-refractivity contribution in [1.29, 1.82) is 0 Å². The van der Waals surface area contributed by atoms with E-state index in [0.717, 1.165) is 22.5 Å². The number of nitrogens with zero attached hydrogens (tertiary/aromatic N) is 5. The molecule has 0 unspecified atom stereocenters. The second-order valence-electron chi connectivity index (χ2n) is 6.50. The number of aromatic nitrogens is 5. The fourth-order valence-electron chi connectivity index (χ4n) is 3.55. The maximum absolute atomic E-state index is 13.0. The van der Waals surface area contributed by atoms with E-state index in [-0.39, 0.29) is 5.43 Å². The number of aryl methyl sites for hydroxylation is 2. The normalized spacial score (nSPS) is 11.6. The molecule has 0 bridgehead atoms. The quantitative estimate of drug-likeness (QED) is 0.486. The Morgan fingerprint density at radius 1 is 0.926 bits per heavy atom. The molecule has 6 heteroatoms. The van der Waals surface area contributed by atoms with Gasteiger partial charge in [-0.05, 0) is 31.2 Å². The van der Waals surface area contributed by atoms with Crippen LogP contribution in [0.4, 0.5) is 0 Å². The van der Waals surface area contributed by atoms with Crippen LogP contribution in [0.5, 0.6) is 0 Å². The highest BCUT2D eigenvalue weighted by Gasteiger charge is 2.19. The molecule has 132 valence electrons. The zero-order valence-corrected chi connectivity index (χ0v) is 15.0. The fraction of sp³-hybridized carbons (Fsp3) is 0.143. The lowest BCUT2D eigenvalue weighted by atomic mass is 10.2. The van der Waals surface area contributed by atoms with Gasteiger partial charge in [0.05, 0.1) is 16.7 Å². The summed E-state index contributed by atoms with van der Waals surface area (Å²) in [6.45, 7) is 3.78. The van der Waals surface area contributed by atoms with Crippen molar-refractivity contribution in [2.45, 2.75) is 20.3 Å². The monoisotopic (exact) mass is 355 g/mol. The zero-order valence-electron chi connectivity index (χ0n) is 15.0. The van der Waals surface area contributed by atoms with Crippen molar-refractivity contribution >= 4 is 27.7 Å². The van der Waals surface area contributed by atoms with E-state index in [1.165, 1.54) is 0 Å². The summed E-state index contributed by atoms with van der Waals surface area (Å²) in [5.74, 6) is 0.848. The minimum atomic E-state index is -0.132. The minimum Gasteiger partial charge on any atom is -0.287 e. The molecule has 0 spiro atoms. The summed E-state index contributed by atoms with van der Waals surface area (Å²) in [7, 11) is 0. The van der Waals surface area contributed by atoms with Gasteiger partial charge in [0.25, 0.3) is 0 Å². The van der Waals surface area contributed by atoms with Crippen LogP contribution in [0.1, 0.15) is 18.4 Å². The Balaban J connectivity index is 2.06. The SMILES string of the molecule is CCc1nc2c(c(=O)c(C)nn2-c2ccccc2)c2nc3ccccc3n12. The predicted octanol–water partition coefficient (Wildman–Crippen LogP) is 3.45. The predicted molar refractivity (Wildman–Crippen MR) is 106 cm³/mol. The summed E-state index contributed by atoms with van der Waals surface area (Å²) < 4.78 is 3.73. The van der Waals surface area contributed by atoms with Crippen LogP contribution < -0.4 is 5.43 Å². The number of para-hydroxylation sites is 3. The van der Waals surface area contributed by atoms with E-state index in [9.17, 15) is 4.79 Å². The van der Waals surface area contributed by atoms with Crippen LogP contribution in [0.3, 0.4) is 0 Å². The van der Waals surface area contributed by atoms with E-state index in [0.29, 0.717) is 28.8 Å². The molecule has 5 rings (SSSR count). The van der Waals surface area contributed by atoms with Crippen LogP contribution in [0.2, 0.25) is 0 Å². The second-order valence-corrected chi connectivity index (χ2v) is 6.50.